The number of piperazine rings is 1. The molecule has 2 heterocycles. The third-order valence-electron chi connectivity index (χ3n) is 4.98. The topological polar surface area (TPSA) is 61.6 Å². The minimum atomic E-state index is -0.0169. The summed E-state index contributed by atoms with van der Waals surface area (Å²) in [6.45, 7) is 6.18. The standard InChI is InChI=1S/C21H23ClN4O2/c1-15-2-4-16(5-3-15)13-23-21(27)26-10-8-25(9-11-26)14-20-24-18-12-17(22)6-7-19(18)28-20/h2-7,12H,8-11,13-14H2,1H3,(H,23,27). The smallest absolute Gasteiger partial charge is 0.317 e. The summed E-state index contributed by atoms with van der Waals surface area (Å²) in [5, 5.41) is 3.65. The van der Waals surface area contributed by atoms with Crippen molar-refractivity contribution in [3.63, 3.8) is 0 Å². The molecule has 0 spiro atoms. The van der Waals surface area contributed by atoms with Gasteiger partial charge in [-0.25, -0.2) is 9.78 Å². The minimum Gasteiger partial charge on any atom is -0.439 e. The van der Waals surface area contributed by atoms with Crippen LogP contribution < -0.4 is 5.32 Å². The molecule has 2 amide bonds. The lowest BCUT2D eigenvalue weighted by atomic mass is 10.1. The second kappa shape index (κ2) is 8.20. The average molecular weight is 399 g/mol. The fourth-order valence-corrected chi connectivity index (χ4v) is 3.48. The van der Waals surface area contributed by atoms with Crippen molar-refractivity contribution >= 4 is 28.7 Å². The van der Waals surface area contributed by atoms with E-state index in [4.69, 9.17) is 16.0 Å². The van der Waals surface area contributed by atoms with Crippen molar-refractivity contribution in [1.82, 2.24) is 20.1 Å². The van der Waals surface area contributed by atoms with E-state index in [0.29, 0.717) is 37.1 Å². The highest BCUT2D eigenvalue weighted by Gasteiger charge is 2.22. The number of nitrogens with zero attached hydrogens (tertiary/aromatic N) is 3. The van der Waals surface area contributed by atoms with Crippen molar-refractivity contribution in [3.8, 4) is 0 Å². The number of hydrogen-bond donors (Lipinski definition) is 1. The molecule has 1 aliphatic rings. The van der Waals surface area contributed by atoms with Gasteiger partial charge in [0, 0.05) is 37.7 Å². The molecule has 1 aliphatic heterocycles. The molecule has 0 bridgehead atoms. The summed E-state index contributed by atoms with van der Waals surface area (Å²) >= 11 is 6.00. The van der Waals surface area contributed by atoms with Crippen LogP contribution in [0.1, 0.15) is 17.0 Å². The Morgan fingerprint density at radius 2 is 1.89 bits per heavy atom. The first-order valence-electron chi connectivity index (χ1n) is 9.42. The molecular formula is C21H23ClN4O2. The van der Waals surface area contributed by atoms with Crippen molar-refractivity contribution in [1.29, 1.82) is 0 Å². The van der Waals surface area contributed by atoms with Gasteiger partial charge in [0.25, 0.3) is 0 Å². The summed E-state index contributed by atoms with van der Waals surface area (Å²) in [6, 6.07) is 13.6. The largest absolute Gasteiger partial charge is 0.439 e. The Bertz CT molecular complexity index is 962. The molecule has 146 valence electrons. The van der Waals surface area contributed by atoms with Gasteiger partial charge in [-0.3, -0.25) is 4.90 Å². The molecule has 1 fully saturated rings. The zero-order valence-corrected chi connectivity index (χ0v) is 16.6. The first-order valence-corrected chi connectivity index (χ1v) is 9.80. The van der Waals surface area contributed by atoms with E-state index in [-0.39, 0.29) is 6.03 Å². The monoisotopic (exact) mass is 398 g/mol. The second-order valence-electron chi connectivity index (χ2n) is 7.13. The highest BCUT2D eigenvalue weighted by Crippen LogP contribution is 2.21. The molecule has 1 aromatic heterocycles. The summed E-state index contributed by atoms with van der Waals surface area (Å²) in [5.41, 5.74) is 3.84. The molecule has 0 radical (unpaired) electrons. The van der Waals surface area contributed by atoms with Crippen LogP contribution >= 0.6 is 11.6 Å². The quantitative estimate of drug-likeness (QED) is 0.725. The number of carbonyl (C=O) groups excluding carboxylic acids is 1. The van der Waals surface area contributed by atoms with Crippen molar-refractivity contribution < 1.29 is 9.21 Å². The van der Waals surface area contributed by atoms with Crippen LogP contribution in [-0.2, 0) is 13.1 Å². The van der Waals surface area contributed by atoms with Crippen LogP contribution in [0.3, 0.4) is 0 Å². The minimum absolute atomic E-state index is 0.0169. The lowest BCUT2D eigenvalue weighted by molar-refractivity contribution is 0.129. The van der Waals surface area contributed by atoms with Gasteiger partial charge < -0.3 is 14.6 Å². The van der Waals surface area contributed by atoms with E-state index in [1.165, 1.54) is 5.56 Å². The van der Waals surface area contributed by atoms with E-state index in [9.17, 15) is 4.79 Å². The highest BCUT2D eigenvalue weighted by atomic mass is 35.5. The van der Waals surface area contributed by atoms with E-state index in [1.807, 2.05) is 23.1 Å². The normalized spacial score (nSPS) is 15.1. The van der Waals surface area contributed by atoms with Crippen LogP contribution in [-0.4, -0.2) is 47.0 Å². The van der Waals surface area contributed by atoms with Crippen molar-refractivity contribution in [3.05, 3.63) is 64.5 Å². The van der Waals surface area contributed by atoms with Crippen LogP contribution in [0.4, 0.5) is 4.79 Å². The number of urea groups is 1. The predicted octanol–water partition coefficient (Wildman–Crippen LogP) is 3.82. The Morgan fingerprint density at radius 3 is 2.64 bits per heavy atom. The molecular weight excluding hydrogens is 376 g/mol. The van der Waals surface area contributed by atoms with Gasteiger partial charge in [-0.05, 0) is 30.7 Å². The van der Waals surface area contributed by atoms with Gasteiger partial charge in [0.15, 0.2) is 5.58 Å². The molecule has 6 nitrogen and oxygen atoms in total. The number of fused-ring (bicyclic) bond motifs is 1. The number of carbonyl (C=O) groups is 1. The predicted molar refractivity (Wildman–Crippen MR) is 109 cm³/mol. The number of aromatic nitrogens is 1. The van der Waals surface area contributed by atoms with Crippen LogP contribution in [0.2, 0.25) is 5.02 Å². The molecule has 2 aromatic carbocycles. The maximum absolute atomic E-state index is 12.4. The molecule has 28 heavy (non-hydrogen) atoms. The Balaban J connectivity index is 1.26. The fourth-order valence-electron chi connectivity index (χ4n) is 3.31. The molecule has 1 N–H and O–H groups in total. The van der Waals surface area contributed by atoms with Gasteiger partial charge in [0.1, 0.15) is 5.52 Å². The summed E-state index contributed by atoms with van der Waals surface area (Å²) in [6.07, 6.45) is 0. The Morgan fingerprint density at radius 1 is 1.14 bits per heavy atom. The second-order valence-corrected chi connectivity index (χ2v) is 7.56. The average Bonchev–Trinajstić information content (AvgIpc) is 3.09. The van der Waals surface area contributed by atoms with Crippen molar-refractivity contribution in [2.75, 3.05) is 26.2 Å². The van der Waals surface area contributed by atoms with Gasteiger partial charge >= 0.3 is 6.03 Å². The lowest BCUT2D eigenvalue weighted by Crippen LogP contribution is -2.51. The van der Waals surface area contributed by atoms with Gasteiger partial charge in [-0.2, -0.15) is 0 Å². The van der Waals surface area contributed by atoms with Crippen molar-refractivity contribution in [2.45, 2.75) is 20.0 Å². The third kappa shape index (κ3) is 4.46. The van der Waals surface area contributed by atoms with E-state index >= 15 is 0 Å². The zero-order chi connectivity index (χ0) is 19.5. The number of benzene rings is 2. The number of amides is 2. The van der Waals surface area contributed by atoms with Crippen LogP contribution in [0, 0.1) is 6.92 Å². The Labute approximate surface area is 169 Å². The number of nitrogens with one attached hydrogen (secondary N) is 1. The molecule has 0 aliphatic carbocycles. The number of rotatable bonds is 4. The number of oxazole rings is 1. The lowest BCUT2D eigenvalue weighted by Gasteiger charge is -2.34. The van der Waals surface area contributed by atoms with E-state index in [0.717, 1.165) is 29.8 Å². The van der Waals surface area contributed by atoms with Crippen LogP contribution in [0.25, 0.3) is 11.1 Å². The summed E-state index contributed by atoms with van der Waals surface area (Å²) in [5.74, 6) is 0.675. The summed E-state index contributed by atoms with van der Waals surface area (Å²) in [7, 11) is 0. The molecule has 1 saturated heterocycles. The molecule has 3 aromatic rings. The Hall–Kier alpha value is -2.57. The molecule has 0 atom stereocenters. The van der Waals surface area contributed by atoms with E-state index in [1.54, 1.807) is 12.1 Å². The SMILES string of the molecule is Cc1ccc(CNC(=O)N2CCN(Cc3nc4cc(Cl)ccc4o3)CC2)cc1. The number of hydrogen-bond acceptors (Lipinski definition) is 4. The maximum Gasteiger partial charge on any atom is 0.317 e. The Kier molecular flexibility index (Phi) is 5.50. The first-order chi connectivity index (χ1) is 13.6. The maximum atomic E-state index is 12.4. The van der Waals surface area contributed by atoms with Gasteiger partial charge in [-0.1, -0.05) is 41.4 Å². The zero-order valence-electron chi connectivity index (χ0n) is 15.8. The van der Waals surface area contributed by atoms with E-state index in [2.05, 4.69) is 34.3 Å². The number of aryl methyl sites for hydroxylation is 1. The third-order valence-corrected chi connectivity index (χ3v) is 5.21. The molecule has 7 heteroatoms. The van der Waals surface area contributed by atoms with Gasteiger partial charge in [-0.15, -0.1) is 0 Å². The van der Waals surface area contributed by atoms with Gasteiger partial charge in [0.2, 0.25) is 5.89 Å². The molecule has 0 unspecified atom stereocenters. The van der Waals surface area contributed by atoms with Crippen LogP contribution in [0.5, 0.6) is 0 Å². The van der Waals surface area contributed by atoms with Gasteiger partial charge in [0.05, 0.1) is 6.54 Å². The van der Waals surface area contributed by atoms with E-state index < -0.39 is 0 Å². The summed E-state index contributed by atoms with van der Waals surface area (Å²) < 4.78 is 5.79. The summed E-state index contributed by atoms with van der Waals surface area (Å²) in [4.78, 5) is 21.0. The number of halogens is 1. The van der Waals surface area contributed by atoms with Crippen molar-refractivity contribution in [2.24, 2.45) is 0 Å². The molecule has 4 rings (SSSR count). The molecule has 0 saturated carbocycles. The van der Waals surface area contributed by atoms with Crippen LogP contribution in [0.15, 0.2) is 46.9 Å². The fraction of sp³-hybridized carbons (Fsp3) is 0.333. The highest BCUT2D eigenvalue weighted by molar-refractivity contribution is 6.31. The first kappa shape index (κ1) is 18.8.